The molecule has 1 amide bonds. The summed E-state index contributed by atoms with van der Waals surface area (Å²) in [4.78, 5) is 12.5. The van der Waals surface area contributed by atoms with Gasteiger partial charge in [-0.15, -0.1) is 0 Å². The molecule has 0 bridgehead atoms. The van der Waals surface area contributed by atoms with E-state index < -0.39 is 0 Å². The summed E-state index contributed by atoms with van der Waals surface area (Å²) in [5.74, 6) is 1.19. The molecule has 1 N–H and O–H groups in total. The Morgan fingerprint density at radius 3 is 2.12 bits per heavy atom. The third kappa shape index (κ3) is 5.11. The molecule has 0 radical (unpaired) electrons. The fraction of sp³-hybridized carbons (Fsp3) is 0.136. The zero-order chi connectivity index (χ0) is 18.0. The molecule has 0 heterocycles. The summed E-state index contributed by atoms with van der Waals surface area (Å²) < 4.78 is 11.4. The Kier molecular flexibility index (Phi) is 6.26. The van der Waals surface area contributed by atoms with Gasteiger partial charge in [-0.25, -0.2) is 0 Å². The zero-order valence-electron chi connectivity index (χ0n) is 14.4. The van der Waals surface area contributed by atoms with Crippen molar-refractivity contribution in [1.29, 1.82) is 0 Å². The number of hydrogen-bond donors (Lipinski definition) is 1. The number of amides is 1. The maximum Gasteiger partial charge on any atom is 0.255 e. The molecule has 0 spiro atoms. The first-order chi connectivity index (χ1) is 12.8. The third-order valence-corrected chi connectivity index (χ3v) is 3.78. The lowest BCUT2D eigenvalue weighted by Gasteiger charge is -2.12. The molecule has 0 unspecified atom stereocenters. The molecule has 4 nitrogen and oxygen atoms in total. The molecule has 0 fully saturated rings. The summed E-state index contributed by atoms with van der Waals surface area (Å²) in [6.07, 6.45) is 0. The molecule has 0 aliphatic rings. The summed E-state index contributed by atoms with van der Waals surface area (Å²) in [5.41, 5.74) is 1.57. The number of carbonyl (C=O) groups is 1. The van der Waals surface area contributed by atoms with Crippen LogP contribution in [0.15, 0.2) is 84.9 Å². The highest BCUT2D eigenvalue weighted by atomic mass is 16.5. The first-order valence-corrected chi connectivity index (χ1v) is 8.55. The topological polar surface area (TPSA) is 47.6 Å². The molecule has 0 saturated heterocycles. The van der Waals surface area contributed by atoms with Crippen LogP contribution >= 0.6 is 0 Å². The van der Waals surface area contributed by atoms with Crippen LogP contribution in [0, 0.1) is 0 Å². The van der Waals surface area contributed by atoms with Crippen molar-refractivity contribution in [3.05, 3.63) is 96.1 Å². The minimum atomic E-state index is -0.159. The summed E-state index contributed by atoms with van der Waals surface area (Å²) in [6, 6.07) is 26.6. The van der Waals surface area contributed by atoms with E-state index in [0.717, 1.165) is 11.3 Å². The zero-order valence-corrected chi connectivity index (χ0v) is 14.4. The molecule has 4 heteroatoms. The lowest BCUT2D eigenvalue weighted by molar-refractivity contribution is 0.0945. The van der Waals surface area contributed by atoms with Crippen LogP contribution in [-0.4, -0.2) is 19.1 Å². The van der Waals surface area contributed by atoms with Crippen LogP contribution in [0.25, 0.3) is 0 Å². The van der Waals surface area contributed by atoms with Crippen molar-refractivity contribution in [3.63, 3.8) is 0 Å². The van der Waals surface area contributed by atoms with Crippen LogP contribution in [0.2, 0.25) is 0 Å². The average Bonchev–Trinajstić information content (AvgIpc) is 2.71. The van der Waals surface area contributed by atoms with E-state index in [4.69, 9.17) is 9.47 Å². The summed E-state index contributed by atoms with van der Waals surface area (Å²) in [5, 5.41) is 2.92. The van der Waals surface area contributed by atoms with E-state index in [1.165, 1.54) is 0 Å². The van der Waals surface area contributed by atoms with Gasteiger partial charge in [0.1, 0.15) is 24.7 Å². The molecule has 0 saturated carbocycles. The predicted molar refractivity (Wildman–Crippen MR) is 101 cm³/mol. The Morgan fingerprint density at radius 1 is 0.731 bits per heavy atom. The van der Waals surface area contributed by atoms with Crippen molar-refractivity contribution in [2.45, 2.75) is 6.54 Å². The molecule has 3 aromatic carbocycles. The van der Waals surface area contributed by atoms with E-state index in [0.29, 0.717) is 31.1 Å². The van der Waals surface area contributed by atoms with Gasteiger partial charge in [-0.2, -0.15) is 0 Å². The lowest BCUT2D eigenvalue weighted by Crippen LogP contribution is -2.23. The van der Waals surface area contributed by atoms with Gasteiger partial charge >= 0.3 is 0 Å². The van der Waals surface area contributed by atoms with Crippen LogP contribution < -0.4 is 14.8 Å². The van der Waals surface area contributed by atoms with Crippen LogP contribution in [0.4, 0.5) is 0 Å². The van der Waals surface area contributed by atoms with Gasteiger partial charge in [-0.1, -0.05) is 60.7 Å². The number of carbonyl (C=O) groups excluding carboxylic acids is 1. The maximum absolute atomic E-state index is 12.5. The van der Waals surface area contributed by atoms with Crippen LogP contribution in [0.3, 0.4) is 0 Å². The average molecular weight is 347 g/mol. The Labute approximate surface area is 153 Å². The fourth-order valence-electron chi connectivity index (χ4n) is 2.48. The standard InChI is InChI=1S/C22H21NO3/c24-22(23-17-18-9-3-1-4-10-18)20-13-7-8-14-21(20)26-16-15-25-19-11-5-2-6-12-19/h1-14H,15-17H2,(H,23,24). The van der Waals surface area contributed by atoms with Gasteiger partial charge in [0.15, 0.2) is 0 Å². The number of para-hydroxylation sites is 2. The number of rotatable bonds is 8. The highest BCUT2D eigenvalue weighted by molar-refractivity contribution is 5.96. The highest BCUT2D eigenvalue weighted by Gasteiger charge is 2.11. The van der Waals surface area contributed by atoms with Gasteiger partial charge in [0.2, 0.25) is 0 Å². The number of ether oxygens (including phenoxy) is 2. The largest absolute Gasteiger partial charge is 0.490 e. The molecule has 3 aromatic rings. The van der Waals surface area contributed by atoms with Gasteiger partial charge in [-0.05, 0) is 29.8 Å². The van der Waals surface area contributed by atoms with Crippen LogP contribution in [-0.2, 0) is 6.54 Å². The summed E-state index contributed by atoms with van der Waals surface area (Å²) in [7, 11) is 0. The number of hydrogen-bond acceptors (Lipinski definition) is 3. The summed E-state index contributed by atoms with van der Waals surface area (Å²) >= 11 is 0. The van der Waals surface area contributed by atoms with Crippen LogP contribution in [0.1, 0.15) is 15.9 Å². The molecule has 0 aliphatic heterocycles. The molecular formula is C22H21NO3. The fourth-order valence-corrected chi connectivity index (χ4v) is 2.48. The van der Waals surface area contributed by atoms with Gasteiger partial charge < -0.3 is 14.8 Å². The minimum Gasteiger partial charge on any atom is -0.490 e. The Bertz CT molecular complexity index is 819. The van der Waals surface area contributed by atoms with E-state index in [-0.39, 0.29) is 5.91 Å². The van der Waals surface area contributed by atoms with E-state index >= 15 is 0 Å². The second-order valence-electron chi connectivity index (χ2n) is 5.67. The smallest absolute Gasteiger partial charge is 0.255 e. The normalized spacial score (nSPS) is 10.2. The third-order valence-electron chi connectivity index (χ3n) is 3.78. The van der Waals surface area contributed by atoms with Crippen molar-refractivity contribution >= 4 is 5.91 Å². The second-order valence-corrected chi connectivity index (χ2v) is 5.67. The van der Waals surface area contributed by atoms with E-state index in [1.807, 2.05) is 72.8 Å². The van der Waals surface area contributed by atoms with Gasteiger partial charge in [-0.3, -0.25) is 4.79 Å². The Morgan fingerprint density at radius 2 is 1.35 bits per heavy atom. The van der Waals surface area contributed by atoms with Crippen LogP contribution in [0.5, 0.6) is 11.5 Å². The molecule has 0 aliphatic carbocycles. The van der Waals surface area contributed by atoms with Crippen molar-refractivity contribution < 1.29 is 14.3 Å². The molecule has 132 valence electrons. The van der Waals surface area contributed by atoms with E-state index in [2.05, 4.69) is 5.32 Å². The quantitative estimate of drug-likeness (QED) is 0.625. The maximum atomic E-state index is 12.5. The Balaban J connectivity index is 1.52. The molecule has 3 rings (SSSR count). The molecular weight excluding hydrogens is 326 g/mol. The van der Waals surface area contributed by atoms with Crippen molar-refractivity contribution in [1.82, 2.24) is 5.32 Å². The number of nitrogens with one attached hydrogen (secondary N) is 1. The van der Waals surface area contributed by atoms with Crippen molar-refractivity contribution in [2.24, 2.45) is 0 Å². The number of benzene rings is 3. The minimum absolute atomic E-state index is 0.159. The monoisotopic (exact) mass is 347 g/mol. The lowest BCUT2D eigenvalue weighted by atomic mass is 10.1. The van der Waals surface area contributed by atoms with Crippen molar-refractivity contribution in [2.75, 3.05) is 13.2 Å². The SMILES string of the molecule is O=C(NCc1ccccc1)c1ccccc1OCCOc1ccccc1. The van der Waals surface area contributed by atoms with Crippen molar-refractivity contribution in [3.8, 4) is 11.5 Å². The molecule has 26 heavy (non-hydrogen) atoms. The molecule has 0 aromatic heterocycles. The first kappa shape index (κ1) is 17.5. The second kappa shape index (κ2) is 9.28. The predicted octanol–water partition coefficient (Wildman–Crippen LogP) is 4.07. The highest BCUT2D eigenvalue weighted by Crippen LogP contribution is 2.18. The van der Waals surface area contributed by atoms with Gasteiger partial charge in [0, 0.05) is 6.54 Å². The van der Waals surface area contributed by atoms with E-state index in [1.54, 1.807) is 12.1 Å². The van der Waals surface area contributed by atoms with E-state index in [9.17, 15) is 4.79 Å². The first-order valence-electron chi connectivity index (χ1n) is 8.55. The molecule has 0 atom stereocenters. The Hall–Kier alpha value is -3.27. The van der Waals surface area contributed by atoms with Gasteiger partial charge in [0.25, 0.3) is 5.91 Å². The van der Waals surface area contributed by atoms with Gasteiger partial charge in [0.05, 0.1) is 5.56 Å². The summed E-state index contributed by atoms with van der Waals surface area (Å²) in [6.45, 7) is 1.24.